The molecule has 25 heavy (non-hydrogen) atoms. The van der Waals surface area contributed by atoms with Crippen LogP contribution >= 0.6 is 24.0 Å². The van der Waals surface area contributed by atoms with Gasteiger partial charge in [0.15, 0.2) is 11.5 Å². The number of aromatic hydroxyl groups is 1. The van der Waals surface area contributed by atoms with E-state index in [0.717, 1.165) is 6.42 Å². The number of phenols is 1. The number of thioether (sulfide) groups is 1. The van der Waals surface area contributed by atoms with Crippen LogP contribution in [0.15, 0.2) is 23.1 Å². The first-order valence-electron chi connectivity index (χ1n) is 7.77. The highest BCUT2D eigenvalue weighted by Gasteiger charge is 2.31. The van der Waals surface area contributed by atoms with Crippen molar-refractivity contribution in [3.63, 3.8) is 0 Å². The number of unbranched alkanes of at least 4 members (excludes halogenated alkanes) is 2. The number of carbonyl (C=O) groups is 2. The maximum absolute atomic E-state index is 12.5. The second-order valence-corrected chi connectivity index (χ2v) is 7.11. The molecule has 2 rings (SSSR count). The van der Waals surface area contributed by atoms with Gasteiger partial charge in [0.25, 0.3) is 5.91 Å². The van der Waals surface area contributed by atoms with Crippen molar-refractivity contribution >= 4 is 46.3 Å². The maximum atomic E-state index is 12.5. The predicted octanol–water partition coefficient (Wildman–Crippen LogP) is 3.25. The molecule has 0 unspecified atom stereocenters. The quantitative estimate of drug-likeness (QED) is 0.406. The number of phenolic OH excluding ortho intramolecular Hbond substituents is 1. The molecule has 134 valence electrons. The average molecular weight is 381 g/mol. The van der Waals surface area contributed by atoms with Crippen molar-refractivity contribution in [3.05, 3.63) is 28.7 Å². The molecule has 1 aliphatic heterocycles. The molecule has 0 atom stereocenters. The number of para-hydroxylation sites is 1. The first-order chi connectivity index (χ1) is 11.9. The normalized spacial score (nSPS) is 15.9. The van der Waals surface area contributed by atoms with Crippen LogP contribution < -0.4 is 4.74 Å². The monoisotopic (exact) mass is 381 g/mol. The Balaban J connectivity index is 2.02. The summed E-state index contributed by atoms with van der Waals surface area (Å²) in [5.41, 5.74) is 0.487. The van der Waals surface area contributed by atoms with E-state index in [1.165, 1.54) is 23.8 Å². The van der Waals surface area contributed by atoms with E-state index in [1.54, 1.807) is 24.3 Å². The Morgan fingerprint density at radius 3 is 2.80 bits per heavy atom. The molecule has 1 aromatic carbocycles. The van der Waals surface area contributed by atoms with Crippen LogP contribution in [0.4, 0.5) is 0 Å². The van der Waals surface area contributed by atoms with Gasteiger partial charge in [0.2, 0.25) is 0 Å². The number of carbonyl (C=O) groups excluding carboxylic acids is 1. The fourth-order valence-corrected chi connectivity index (χ4v) is 3.68. The van der Waals surface area contributed by atoms with Crippen LogP contribution in [-0.2, 0) is 9.59 Å². The second kappa shape index (κ2) is 8.87. The Morgan fingerprint density at radius 2 is 2.12 bits per heavy atom. The van der Waals surface area contributed by atoms with Crippen molar-refractivity contribution in [1.29, 1.82) is 0 Å². The lowest BCUT2D eigenvalue weighted by Crippen LogP contribution is -2.29. The van der Waals surface area contributed by atoms with Gasteiger partial charge in [-0.05, 0) is 25.0 Å². The molecular formula is C17H19NO5S2. The summed E-state index contributed by atoms with van der Waals surface area (Å²) < 4.78 is 5.53. The summed E-state index contributed by atoms with van der Waals surface area (Å²) in [5, 5.41) is 18.7. The lowest BCUT2D eigenvalue weighted by molar-refractivity contribution is -0.137. The Kier molecular flexibility index (Phi) is 6.83. The Hall–Kier alpha value is -2.06. The van der Waals surface area contributed by atoms with Crippen LogP contribution in [0.3, 0.4) is 0 Å². The van der Waals surface area contributed by atoms with Crippen molar-refractivity contribution in [2.75, 3.05) is 13.7 Å². The highest BCUT2D eigenvalue weighted by atomic mass is 32.2. The van der Waals surface area contributed by atoms with Crippen LogP contribution in [0.2, 0.25) is 0 Å². The SMILES string of the molecule is COc1cccc(/C=C2/SC(=S)N(CCCCCC(=O)O)C2=O)c1O. The number of rotatable bonds is 8. The van der Waals surface area contributed by atoms with E-state index < -0.39 is 5.97 Å². The number of hydrogen-bond donors (Lipinski definition) is 2. The van der Waals surface area contributed by atoms with Crippen molar-refractivity contribution in [1.82, 2.24) is 4.90 Å². The molecule has 1 heterocycles. The standard InChI is InChI=1S/C17H19NO5S2/c1-23-12-7-5-6-11(15(12)21)10-13-16(22)18(17(24)25-13)9-4-2-3-8-14(19)20/h5-7,10,21H,2-4,8-9H2,1H3,(H,19,20)/b13-10+. The fraction of sp³-hybridized carbons (Fsp3) is 0.353. The van der Waals surface area contributed by atoms with E-state index >= 15 is 0 Å². The van der Waals surface area contributed by atoms with Crippen LogP contribution in [0.25, 0.3) is 6.08 Å². The van der Waals surface area contributed by atoms with Gasteiger partial charge < -0.3 is 14.9 Å². The van der Waals surface area contributed by atoms with E-state index in [1.807, 2.05) is 0 Å². The zero-order valence-corrected chi connectivity index (χ0v) is 15.4. The van der Waals surface area contributed by atoms with Crippen molar-refractivity contribution < 1.29 is 24.5 Å². The van der Waals surface area contributed by atoms with E-state index in [0.29, 0.717) is 39.9 Å². The smallest absolute Gasteiger partial charge is 0.303 e. The van der Waals surface area contributed by atoms with Gasteiger partial charge in [0.05, 0.1) is 12.0 Å². The predicted molar refractivity (Wildman–Crippen MR) is 101 cm³/mol. The van der Waals surface area contributed by atoms with Gasteiger partial charge in [-0.3, -0.25) is 14.5 Å². The molecule has 0 saturated carbocycles. The molecule has 2 N–H and O–H groups in total. The lowest BCUT2D eigenvalue weighted by atomic mass is 10.1. The first-order valence-corrected chi connectivity index (χ1v) is 8.99. The molecule has 1 fully saturated rings. The highest BCUT2D eigenvalue weighted by molar-refractivity contribution is 8.26. The molecule has 6 nitrogen and oxygen atoms in total. The number of nitrogens with zero attached hydrogens (tertiary/aromatic N) is 1. The summed E-state index contributed by atoms with van der Waals surface area (Å²) in [6, 6.07) is 5.05. The molecule has 0 aliphatic carbocycles. The number of amides is 1. The molecular weight excluding hydrogens is 362 g/mol. The van der Waals surface area contributed by atoms with Gasteiger partial charge >= 0.3 is 5.97 Å². The number of thiocarbonyl (C=S) groups is 1. The molecule has 1 amide bonds. The largest absolute Gasteiger partial charge is 0.504 e. The number of hydrogen-bond acceptors (Lipinski definition) is 6. The summed E-state index contributed by atoms with van der Waals surface area (Å²) in [7, 11) is 1.46. The molecule has 8 heteroatoms. The number of carboxylic acid groups (broad SMARTS) is 1. The molecule has 1 aromatic rings. The minimum absolute atomic E-state index is 0.0241. The fourth-order valence-electron chi connectivity index (χ4n) is 2.38. The molecule has 1 aliphatic rings. The molecule has 0 radical (unpaired) electrons. The third-order valence-electron chi connectivity index (χ3n) is 3.68. The van der Waals surface area contributed by atoms with E-state index in [9.17, 15) is 14.7 Å². The van der Waals surface area contributed by atoms with E-state index in [2.05, 4.69) is 0 Å². The third kappa shape index (κ3) is 4.96. The van der Waals surface area contributed by atoms with Gasteiger partial charge in [-0.15, -0.1) is 0 Å². The first kappa shape index (κ1) is 19.3. The molecule has 0 spiro atoms. The highest BCUT2D eigenvalue weighted by Crippen LogP contribution is 2.36. The van der Waals surface area contributed by atoms with Crippen molar-refractivity contribution in [3.8, 4) is 11.5 Å². The maximum Gasteiger partial charge on any atom is 0.303 e. The van der Waals surface area contributed by atoms with Gasteiger partial charge in [-0.25, -0.2) is 0 Å². The Labute approximate surface area is 155 Å². The molecule has 0 aromatic heterocycles. The van der Waals surface area contributed by atoms with E-state index in [-0.39, 0.29) is 18.1 Å². The summed E-state index contributed by atoms with van der Waals surface area (Å²) >= 11 is 6.45. The molecule has 0 bridgehead atoms. The van der Waals surface area contributed by atoms with Gasteiger partial charge in [0.1, 0.15) is 4.32 Å². The molecule has 1 saturated heterocycles. The van der Waals surface area contributed by atoms with Crippen molar-refractivity contribution in [2.45, 2.75) is 25.7 Å². The Bertz CT molecular complexity index is 717. The Morgan fingerprint density at radius 1 is 1.36 bits per heavy atom. The number of carboxylic acids is 1. The number of ether oxygens (including phenoxy) is 1. The minimum Gasteiger partial charge on any atom is -0.504 e. The third-order valence-corrected chi connectivity index (χ3v) is 5.06. The van der Waals surface area contributed by atoms with Crippen LogP contribution in [-0.4, -0.2) is 45.0 Å². The van der Waals surface area contributed by atoms with Gasteiger partial charge in [0, 0.05) is 18.5 Å². The van der Waals surface area contributed by atoms with Crippen LogP contribution in [0, 0.1) is 0 Å². The zero-order chi connectivity index (χ0) is 18.4. The van der Waals surface area contributed by atoms with Crippen LogP contribution in [0.5, 0.6) is 11.5 Å². The number of methoxy groups -OCH3 is 1. The van der Waals surface area contributed by atoms with Gasteiger partial charge in [-0.2, -0.15) is 0 Å². The average Bonchev–Trinajstić information content (AvgIpc) is 2.83. The van der Waals surface area contributed by atoms with Crippen LogP contribution in [0.1, 0.15) is 31.2 Å². The van der Waals surface area contributed by atoms with Gasteiger partial charge in [-0.1, -0.05) is 42.5 Å². The minimum atomic E-state index is -0.813. The topological polar surface area (TPSA) is 87.1 Å². The number of benzene rings is 1. The summed E-state index contributed by atoms with van der Waals surface area (Å²) in [5.74, 6) is -0.700. The van der Waals surface area contributed by atoms with E-state index in [4.69, 9.17) is 22.1 Å². The number of aliphatic carboxylic acids is 1. The zero-order valence-electron chi connectivity index (χ0n) is 13.7. The summed E-state index contributed by atoms with van der Waals surface area (Å²) in [6.07, 6.45) is 3.73. The van der Waals surface area contributed by atoms with Crippen molar-refractivity contribution in [2.24, 2.45) is 0 Å². The lowest BCUT2D eigenvalue weighted by Gasteiger charge is -2.13. The summed E-state index contributed by atoms with van der Waals surface area (Å²) in [6.45, 7) is 0.464. The summed E-state index contributed by atoms with van der Waals surface area (Å²) in [4.78, 5) is 24.9. The second-order valence-electron chi connectivity index (χ2n) is 5.44.